The second kappa shape index (κ2) is 6.31. The average Bonchev–Trinajstić information content (AvgIpc) is 2.87. The highest BCUT2D eigenvalue weighted by molar-refractivity contribution is 7.09. The van der Waals surface area contributed by atoms with E-state index in [1.54, 1.807) is 11.3 Å². The summed E-state index contributed by atoms with van der Waals surface area (Å²) in [6.45, 7) is 6.61. The fraction of sp³-hybridized carbons (Fsp3) is 0.438. The molecule has 2 aromatic rings. The molecule has 0 fully saturated rings. The summed E-state index contributed by atoms with van der Waals surface area (Å²) in [5.74, 6) is 0.580. The molecule has 2 rings (SSSR count). The van der Waals surface area contributed by atoms with Gasteiger partial charge in [-0.3, -0.25) is 0 Å². The average molecular weight is 274 g/mol. The van der Waals surface area contributed by atoms with Crippen LogP contribution in [-0.4, -0.2) is 18.1 Å². The largest absolute Gasteiger partial charge is 0.317 e. The first-order chi connectivity index (χ1) is 9.10. The molecule has 1 unspecified atom stereocenters. The summed E-state index contributed by atoms with van der Waals surface area (Å²) < 4.78 is 0. The molecule has 0 amide bonds. The Morgan fingerprint density at radius 3 is 2.42 bits per heavy atom. The highest BCUT2D eigenvalue weighted by atomic mass is 32.1. The maximum absolute atomic E-state index is 4.72. The molecule has 2 nitrogen and oxygen atoms in total. The third-order valence-corrected chi connectivity index (χ3v) is 4.27. The van der Waals surface area contributed by atoms with Crippen LogP contribution >= 0.6 is 11.3 Å². The predicted octanol–water partition coefficient (Wildman–Crippen LogP) is 4.08. The van der Waals surface area contributed by atoms with Crippen molar-refractivity contribution in [3.05, 3.63) is 40.2 Å². The molecule has 1 heterocycles. The van der Waals surface area contributed by atoms with Crippen molar-refractivity contribution in [2.75, 3.05) is 7.05 Å². The van der Waals surface area contributed by atoms with Crippen LogP contribution in [0.5, 0.6) is 0 Å². The zero-order chi connectivity index (χ0) is 13.8. The number of aromatic nitrogens is 1. The van der Waals surface area contributed by atoms with Crippen LogP contribution in [0.4, 0.5) is 0 Å². The molecule has 0 radical (unpaired) electrons. The first-order valence-electron chi connectivity index (χ1n) is 6.82. The van der Waals surface area contributed by atoms with E-state index in [9.17, 15) is 0 Å². The predicted molar refractivity (Wildman–Crippen MR) is 83.9 cm³/mol. The summed E-state index contributed by atoms with van der Waals surface area (Å²) in [6, 6.07) is 9.23. The van der Waals surface area contributed by atoms with Crippen LogP contribution in [0.15, 0.2) is 29.6 Å². The van der Waals surface area contributed by atoms with Gasteiger partial charge in [0, 0.05) is 23.4 Å². The number of rotatable bonds is 5. The van der Waals surface area contributed by atoms with Crippen LogP contribution in [0.2, 0.25) is 0 Å². The Balaban J connectivity index is 2.13. The Morgan fingerprint density at radius 2 is 1.84 bits per heavy atom. The van der Waals surface area contributed by atoms with Crippen LogP contribution in [0.25, 0.3) is 11.3 Å². The Labute approximate surface area is 119 Å². The maximum atomic E-state index is 4.72. The van der Waals surface area contributed by atoms with Gasteiger partial charge in [-0.25, -0.2) is 4.98 Å². The molecule has 0 saturated heterocycles. The molecular formula is C16H22N2S. The molecule has 1 aromatic carbocycles. The molecule has 1 aromatic heterocycles. The fourth-order valence-electron chi connectivity index (χ4n) is 1.94. The van der Waals surface area contributed by atoms with E-state index in [2.05, 4.69) is 55.7 Å². The lowest BCUT2D eigenvalue weighted by Gasteiger charge is -2.06. The summed E-state index contributed by atoms with van der Waals surface area (Å²) in [7, 11) is 1.99. The van der Waals surface area contributed by atoms with Crippen molar-refractivity contribution in [2.45, 2.75) is 39.2 Å². The molecule has 0 bridgehead atoms. The number of nitrogens with one attached hydrogen (secondary N) is 1. The van der Waals surface area contributed by atoms with Crippen molar-refractivity contribution in [3.63, 3.8) is 0 Å². The first kappa shape index (κ1) is 14.2. The van der Waals surface area contributed by atoms with E-state index in [-0.39, 0.29) is 0 Å². The SMILES string of the molecule is CNC(C)Cc1nc(-c2ccc(C(C)C)cc2)cs1. The Kier molecular flexibility index (Phi) is 4.72. The van der Waals surface area contributed by atoms with Gasteiger partial charge in [-0.1, -0.05) is 38.1 Å². The number of hydrogen-bond donors (Lipinski definition) is 1. The maximum Gasteiger partial charge on any atom is 0.0948 e. The van der Waals surface area contributed by atoms with Gasteiger partial charge in [0.15, 0.2) is 0 Å². The molecule has 0 aliphatic heterocycles. The van der Waals surface area contributed by atoms with E-state index in [4.69, 9.17) is 4.98 Å². The second-order valence-electron chi connectivity index (χ2n) is 5.30. The molecule has 0 aliphatic carbocycles. The molecular weight excluding hydrogens is 252 g/mol. The summed E-state index contributed by atoms with van der Waals surface area (Å²) in [5.41, 5.74) is 3.69. The summed E-state index contributed by atoms with van der Waals surface area (Å²) >= 11 is 1.75. The van der Waals surface area contributed by atoms with Gasteiger partial charge in [0.05, 0.1) is 10.7 Å². The second-order valence-corrected chi connectivity index (χ2v) is 6.24. The number of likely N-dealkylation sites (N-methyl/N-ethyl adjacent to an activating group) is 1. The molecule has 102 valence electrons. The molecule has 3 heteroatoms. The van der Waals surface area contributed by atoms with Gasteiger partial charge < -0.3 is 5.32 Å². The molecule has 0 saturated carbocycles. The highest BCUT2D eigenvalue weighted by Gasteiger charge is 2.08. The van der Waals surface area contributed by atoms with Crippen molar-refractivity contribution in [1.29, 1.82) is 0 Å². The zero-order valence-electron chi connectivity index (χ0n) is 12.1. The molecule has 1 atom stereocenters. The zero-order valence-corrected chi connectivity index (χ0v) is 12.9. The van der Waals surface area contributed by atoms with Crippen LogP contribution < -0.4 is 5.32 Å². The summed E-state index contributed by atoms with van der Waals surface area (Å²) in [4.78, 5) is 4.72. The Hall–Kier alpha value is -1.19. The lowest BCUT2D eigenvalue weighted by Crippen LogP contribution is -2.23. The van der Waals surface area contributed by atoms with E-state index >= 15 is 0 Å². The topological polar surface area (TPSA) is 24.9 Å². The van der Waals surface area contributed by atoms with E-state index in [1.807, 2.05) is 7.05 Å². The van der Waals surface area contributed by atoms with Gasteiger partial charge in [-0.15, -0.1) is 11.3 Å². The van der Waals surface area contributed by atoms with E-state index in [1.165, 1.54) is 16.1 Å². The lowest BCUT2D eigenvalue weighted by atomic mass is 10.0. The van der Waals surface area contributed by atoms with Crippen molar-refractivity contribution in [3.8, 4) is 11.3 Å². The van der Waals surface area contributed by atoms with E-state index in [0.29, 0.717) is 12.0 Å². The Bertz CT molecular complexity index is 514. The fourth-order valence-corrected chi connectivity index (χ4v) is 2.87. The lowest BCUT2D eigenvalue weighted by molar-refractivity contribution is 0.607. The third-order valence-electron chi connectivity index (χ3n) is 3.40. The van der Waals surface area contributed by atoms with Gasteiger partial charge in [0.25, 0.3) is 0 Å². The minimum atomic E-state index is 0.474. The number of benzene rings is 1. The van der Waals surface area contributed by atoms with Crippen LogP contribution in [-0.2, 0) is 6.42 Å². The van der Waals surface area contributed by atoms with E-state index < -0.39 is 0 Å². The first-order valence-corrected chi connectivity index (χ1v) is 7.70. The smallest absolute Gasteiger partial charge is 0.0948 e. The monoisotopic (exact) mass is 274 g/mol. The third kappa shape index (κ3) is 3.64. The van der Waals surface area contributed by atoms with Gasteiger partial charge in [-0.2, -0.15) is 0 Å². The standard InChI is InChI=1S/C16H22N2S/c1-11(2)13-5-7-14(8-6-13)15-10-19-16(18-15)9-12(3)17-4/h5-8,10-12,17H,9H2,1-4H3. The Morgan fingerprint density at radius 1 is 1.16 bits per heavy atom. The normalized spacial score (nSPS) is 12.9. The van der Waals surface area contributed by atoms with Gasteiger partial charge >= 0.3 is 0 Å². The van der Waals surface area contributed by atoms with Crippen molar-refractivity contribution in [1.82, 2.24) is 10.3 Å². The summed E-state index contributed by atoms with van der Waals surface area (Å²) in [6.07, 6.45) is 0.991. The molecule has 19 heavy (non-hydrogen) atoms. The van der Waals surface area contributed by atoms with Crippen LogP contribution in [0.1, 0.15) is 37.3 Å². The van der Waals surface area contributed by atoms with E-state index in [0.717, 1.165) is 12.1 Å². The minimum absolute atomic E-state index is 0.474. The van der Waals surface area contributed by atoms with Crippen LogP contribution in [0, 0.1) is 0 Å². The molecule has 1 N–H and O–H groups in total. The molecule has 0 aliphatic rings. The van der Waals surface area contributed by atoms with Gasteiger partial charge in [-0.05, 0) is 25.5 Å². The van der Waals surface area contributed by atoms with Crippen molar-refractivity contribution < 1.29 is 0 Å². The van der Waals surface area contributed by atoms with Crippen LogP contribution in [0.3, 0.4) is 0 Å². The number of hydrogen-bond acceptors (Lipinski definition) is 3. The number of thiazole rings is 1. The molecule has 0 spiro atoms. The number of nitrogens with zero attached hydrogens (tertiary/aromatic N) is 1. The highest BCUT2D eigenvalue weighted by Crippen LogP contribution is 2.24. The van der Waals surface area contributed by atoms with Crippen molar-refractivity contribution in [2.24, 2.45) is 0 Å². The summed E-state index contributed by atoms with van der Waals surface area (Å²) in [5, 5.41) is 6.60. The van der Waals surface area contributed by atoms with Gasteiger partial charge in [0.2, 0.25) is 0 Å². The quantitative estimate of drug-likeness (QED) is 0.888. The van der Waals surface area contributed by atoms with Gasteiger partial charge in [0.1, 0.15) is 0 Å². The van der Waals surface area contributed by atoms with Crippen molar-refractivity contribution >= 4 is 11.3 Å². The minimum Gasteiger partial charge on any atom is -0.317 e.